The average molecular weight is 363 g/mol. The lowest BCUT2D eigenvalue weighted by Gasteiger charge is -2.15. The predicted octanol–water partition coefficient (Wildman–Crippen LogP) is 3.42. The quantitative estimate of drug-likeness (QED) is 0.664. The maximum absolute atomic E-state index is 12.5. The molecule has 0 fully saturated rings. The molecule has 1 atom stereocenters. The van der Waals surface area contributed by atoms with Crippen molar-refractivity contribution in [3.63, 3.8) is 0 Å². The number of carboxylic acid groups (broad SMARTS) is 1. The third-order valence-electron chi connectivity index (χ3n) is 3.60. The number of ether oxygens (including phenoxy) is 1. The second-order valence-corrected chi connectivity index (χ2v) is 6.52. The fraction of sp³-hybridized carbons (Fsp3) is 0.333. The maximum atomic E-state index is 12.5. The van der Waals surface area contributed by atoms with Crippen molar-refractivity contribution in [2.75, 3.05) is 13.7 Å². The summed E-state index contributed by atoms with van der Waals surface area (Å²) in [5.41, 5.74) is 0.697. The molecule has 0 bridgehead atoms. The molecule has 1 unspecified atom stereocenters. The third kappa shape index (κ3) is 5.37. The van der Waals surface area contributed by atoms with E-state index < -0.39 is 5.97 Å². The van der Waals surface area contributed by atoms with Gasteiger partial charge < -0.3 is 19.6 Å². The Morgan fingerprint density at radius 3 is 2.76 bits per heavy atom. The first kappa shape index (κ1) is 19.1. The fourth-order valence-electron chi connectivity index (χ4n) is 2.23. The van der Waals surface area contributed by atoms with Crippen molar-refractivity contribution in [2.45, 2.75) is 30.0 Å². The van der Waals surface area contributed by atoms with Gasteiger partial charge >= 0.3 is 5.97 Å². The zero-order chi connectivity index (χ0) is 18.2. The number of rotatable bonds is 9. The summed E-state index contributed by atoms with van der Waals surface area (Å²) in [4.78, 5) is 24.4. The second-order valence-electron chi connectivity index (χ2n) is 5.50. The molecular weight excluding hydrogens is 342 g/mol. The molecule has 0 radical (unpaired) electrons. The van der Waals surface area contributed by atoms with Crippen molar-refractivity contribution >= 4 is 23.6 Å². The molecule has 25 heavy (non-hydrogen) atoms. The number of methoxy groups -OCH3 is 1. The van der Waals surface area contributed by atoms with Crippen molar-refractivity contribution in [2.24, 2.45) is 0 Å². The number of aromatic carboxylic acids is 1. The van der Waals surface area contributed by atoms with E-state index in [1.165, 1.54) is 24.1 Å². The summed E-state index contributed by atoms with van der Waals surface area (Å²) < 4.78 is 10.3. The van der Waals surface area contributed by atoms with Crippen molar-refractivity contribution in [1.29, 1.82) is 0 Å². The van der Waals surface area contributed by atoms with Gasteiger partial charge in [-0.3, -0.25) is 4.79 Å². The molecule has 2 rings (SSSR count). The van der Waals surface area contributed by atoms with E-state index in [0.717, 1.165) is 11.3 Å². The first-order valence-corrected chi connectivity index (χ1v) is 8.82. The Balaban J connectivity index is 2.06. The fourth-order valence-corrected chi connectivity index (χ4v) is 3.24. The summed E-state index contributed by atoms with van der Waals surface area (Å²) in [7, 11) is 1.63. The lowest BCUT2D eigenvalue weighted by atomic mass is 10.2. The Kier molecular flexibility index (Phi) is 7.09. The molecule has 0 aliphatic rings. The lowest BCUT2D eigenvalue weighted by molar-refractivity contribution is 0.0694. The standard InChI is InChI=1S/C18H21NO5S/c1-12(7-9-23-2)19-17(20)14-5-3-4-6-16(14)25-11-15-13(18(21)22)8-10-24-15/h3-6,8,10,12H,7,9,11H2,1-2H3,(H,19,20)(H,21,22). The minimum absolute atomic E-state index is 0.00538. The number of carbonyl (C=O) groups is 2. The number of furan rings is 1. The number of amides is 1. The van der Waals surface area contributed by atoms with E-state index in [-0.39, 0.29) is 17.5 Å². The Morgan fingerprint density at radius 2 is 2.04 bits per heavy atom. The number of carbonyl (C=O) groups excluding carboxylic acids is 1. The summed E-state index contributed by atoms with van der Waals surface area (Å²) >= 11 is 1.37. The monoisotopic (exact) mass is 363 g/mol. The molecule has 0 saturated heterocycles. The summed E-state index contributed by atoms with van der Waals surface area (Å²) in [6.07, 6.45) is 2.08. The lowest BCUT2D eigenvalue weighted by Crippen LogP contribution is -2.33. The van der Waals surface area contributed by atoms with Crippen molar-refractivity contribution in [3.05, 3.63) is 53.5 Å². The average Bonchev–Trinajstić information content (AvgIpc) is 3.07. The van der Waals surface area contributed by atoms with Gasteiger partial charge in [-0.05, 0) is 31.5 Å². The van der Waals surface area contributed by atoms with E-state index >= 15 is 0 Å². The highest BCUT2D eigenvalue weighted by Gasteiger charge is 2.17. The molecule has 0 aliphatic carbocycles. The van der Waals surface area contributed by atoms with Crippen LogP contribution in [-0.2, 0) is 10.5 Å². The van der Waals surface area contributed by atoms with Gasteiger partial charge in [-0.1, -0.05) is 12.1 Å². The van der Waals surface area contributed by atoms with Crippen LogP contribution in [0.4, 0.5) is 0 Å². The molecule has 7 heteroatoms. The number of nitrogens with one attached hydrogen (secondary N) is 1. The summed E-state index contributed by atoms with van der Waals surface area (Å²) in [6, 6.07) is 8.65. The number of hydrogen-bond donors (Lipinski definition) is 2. The van der Waals surface area contributed by atoms with Crippen LogP contribution in [0.15, 0.2) is 45.9 Å². The zero-order valence-corrected chi connectivity index (χ0v) is 15.0. The molecule has 6 nitrogen and oxygen atoms in total. The molecule has 1 aromatic carbocycles. The van der Waals surface area contributed by atoms with Crippen LogP contribution in [0.5, 0.6) is 0 Å². The highest BCUT2D eigenvalue weighted by atomic mass is 32.2. The van der Waals surface area contributed by atoms with E-state index in [1.807, 2.05) is 19.1 Å². The Bertz CT molecular complexity index is 728. The number of benzene rings is 1. The van der Waals surface area contributed by atoms with Crippen LogP contribution in [-0.4, -0.2) is 36.7 Å². The molecule has 0 aliphatic heterocycles. The predicted molar refractivity (Wildman–Crippen MR) is 95.1 cm³/mol. The van der Waals surface area contributed by atoms with Gasteiger partial charge in [-0.2, -0.15) is 0 Å². The second kappa shape index (κ2) is 9.29. The Hall–Kier alpha value is -2.25. The molecule has 1 amide bonds. The van der Waals surface area contributed by atoms with Gasteiger partial charge in [0, 0.05) is 24.7 Å². The minimum Gasteiger partial charge on any atom is -0.478 e. The van der Waals surface area contributed by atoms with Crippen molar-refractivity contribution < 1.29 is 23.8 Å². The summed E-state index contributed by atoms with van der Waals surface area (Å²) in [5.74, 6) is -0.480. The van der Waals surface area contributed by atoms with Gasteiger partial charge in [-0.15, -0.1) is 11.8 Å². The molecule has 1 aromatic heterocycles. The van der Waals surface area contributed by atoms with Crippen LogP contribution in [0, 0.1) is 0 Å². The molecule has 2 aromatic rings. The molecule has 0 spiro atoms. The smallest absolute Gasteiger partial charge is 0.339 e. The minimum atomic E-state index is -1.03. The Labute approximate surface area is 150 Å². The molecule has 134 valence electrons. The number of hydrogen-bond acceptors (Lipinski definition) is 5. The molecular formula is C18H21NO5S. The summed E-state index contributed by atoms with van der Waals surface area (Å²) in [6.45, 7) is 2.50. The van der Waals surface area contributed by atoms with Crippen molar-refractivity contribution in [3.8, 4) is 0 Å². The van der Waals surface area contributed by atoms with Crippen LogP contribution in [0.3, 0.4) is 0 Å². The molecule has 1 heterocycles. The van der Waals surface area contributed by atoms with Crippen LogP contribution in [0.25, 0.3) is 0 Å². The van der Waals surface area contributed by atoms with Gasteiger partial charge in [0.15, 0.2) is 0 Å². The number of carboxylic acids is 1. The van der Waals surface area contributed by atoms with E-state index in [4.69, 9.17) is 14.3 Å². The number of thioether (sulfide) groups is 1. The van der Waals surface area contributed by atoms with E-state index in [0.29, 0.717) is 23.7 Å². The van der Waals surface area contributed by atoms with Crippen LogP contribution in [0.2, 0.25) is 0 Å². The van der Waals surface area contributed by atoms with Crippen molar-refractivity contribution in [1.82, 2.24) is 5.32 Å². The highest BCUT2D eigenvalue weighted by Crippen LogP contribution is 2.28. The van der Waals surface area contributed by atoms with Gasteiger partial charge in [0.05, 0.1) is 17.6 Å². The van der Waals surface area contributed by atoms with Gasteiger partial charge in [0.25, 0.3) is 5.91 Å². The zero-order valence-electron chi connectivity index (χ0n) is 14.2. The van der Waals surface area contributed by atoms with Crippen LogP contribution in [0.1, 0.15) is 39.8 Å². The Morgan fingerprint density at radius 1 is 1.28 bits per heavy atom. The SMILES string of the molecule is COCCC(C)NC(=O)c1ccccc1SCc1occc1C(=O)O. The van der Waals surface area contributed by atoms with Gasteiger partial charge in [0.2, 0.25) is 0 Å². The van der Waals surface area contributed by atoms with E-state index in [2.05, 4.69) is 5.32 Å². The third-order valence-corrected chi connectivity index (χ3v) is 4.67. The first-order valence-electron chi connectivity index (χ1n) is 7.84. The maximum Gasteiger partial charge on any atom is 0.339 e. The van der Waals surface area contributed by atoms with E-state index in [1.54, 1.807) is 19.2 Å². The first-order chi connectivity index (χ1) is 12.0. The molecule has 2 N–H and O–H groups in total. The van der Waals surface area contributed by atoms with Gasteiger partial charge in [-0.25, -0.2) is 4.79 Å². The topological polar surface area (TPSA) is 88.8 Å². The van der Waals surface area contributed by atoms with Crippen LogP contribution >= 0.6 is 11.8 Å². The van der Waals surface area contributed by atoms with E-state index in [9.17, 15) is 9.59 Å². The van der Waals surface area contributed by atoms with Crippen LogP contribution < -0.4 is 5.32 Å². The largest absolute Gasteiger partial charge is 0.478 e. The highest BCUT2D eigenvalue weighted by molar-refractivity contribution is 7.98. The van der Waals surface area contributed by atoms with Gasteiger partial charge in [0.1, 0.15) is 11.3 Å². The summed E-state index contributed by atoms with van der Waals surface area (Å²) in [5, 5.41) is 12.1. The normalized spacial score (nSPS) is 11.9. The molecule has 0 saturated carbocycles.